The van der Waals surface area contributed by atoms with Gasteiger partial charge in [0, 0.05) is 6.54 Å². The third-order valence-electron chi connectivity index (χ3n) is 6.02. The number of alkyl halides is 3. The van der Waals surface area contributed by atoms with Crippen LogP contribution in [0.2, 0.25) is 0 Å². The van der Waals surface area contributed by atoms with Gasteiger partial charge in [0.1, 0.15) is 0 Å². The maximum Gasteiger partial charge on any atom is 0.416 e. The molecular weight excluding hydrogens is 367 g/mol. The van der Waals surface area contributed by atoms with Gasteiger partial charge >= 0.3 is 6.18 Å². The van der Waals surface area contributed by atoms with Gasteiger partial charge in [0.05, 0.1) is 17.6 Å². The summed E-state index contributed by atoms with van der Waals surface area (Å²) in [6.45, 7) is 3.86. The summed E-state index contributed by atoms with van der Waals surface area (Å²) in [5.41, 5.74) is -0.0158. The van der Waals surface area contributed by atoms with Gasteiger partial charge in [0.15, 0.2) is 5.82 Å². The lowest BCUT2D eigenvalue weighted by Gasteiger charge is -2.37. The first-order valence-electron chi connectivity index (χ1n) is 10.1. The first-order valence-corrected chi connectivity index (χ1v) is 10.1. The fraction of sp³-hybridized carbons (Fsp3) is 0.650. The van der Waals surface area contributed by atoms with Crippen molar-refractivity contribution in [1.82, 2.24) is 25.1 Å². The smallest absolute Gasteiger partial charge is 0.289 e. The molecule has 152 valence electrons. The number of likely N-dealkylation sites (tertiary alicyclic amines) is 1. The van der Waals surface area contributed by atoms with Crippen LogP contribution in [0.15, 0.2) is 24.3 Å². The Balaban J connectivity index is 1.76. The molecule has 0 spiro atoms. The third kappa shape index (κ3) is 3.92. The van der Waals surface area contributed by atoms with Gasteiger partial charge in [-0.25, -0.2) is 4.68 Å². The molecule has 4 rings (SSSR count). The number of piperidine rings is 1. The second-order valence-corrected chi connectivity index (χ2v) is 8.19. The Bertz CT molecular complexity index is 797. The molecule has 2 heterocycles. The molecule has 1 saturated carbocycles. The van der Waals surface area contributed by atoms with E-state index in [1.54, 1.807) is 6.07 Å². The zero-order chi connectivity index (χ0) is 19.7. The molecule has 28 heavy (non-hydrogen) atoms. The molecule has 1 aliphatic carbocycles. The number of rotatable bonds is 4. The molecule has 2 aliphatic rings. The van der Waals surface area contributed by atoms with Crippen molar-refractivity contribution in [3.8, 4) is 0 Å². The topological polar surface area (TPSA) is 46.8 Å². The van der Waals surface area contributed by atoms with E-state index in [4.69, 9.17) is 0 Å². The SMILES string of the molecule is C[C@H]1CCCN([C@H](c2cccc(C(F)(F)F)c2)c2nnnn2C2CCCC2)C1. The molecule has 2 fully saturated rings. The van der Waals surface area contributed by atoms with E-state index in [1.807, 2.05) is 4.68 Å². The maximum absolute atomic E-state index is 13.3. The summed E-state index contributed by atoms with van der Waals surface area (Å²) in [6, 6.07) is 5.52. The molecule has 5 nitrogen and oxygen atoms in total. The zero-order valence-electron chi connectivity index (χ0n) is 16.1. The molecule has 0 N–H and O–H groups in total. The summed E-state index contributed by atoms with van der Waals surface area (Å²) < 4.78 is 41.9. The number of aromatic nitrogens is 4. The molecule has 1 aromatic carbocycles. The first-order chi connectivity index (χ1) is 13.4. The maximum atomic E-state index is 13.3. The molecule has 2 atom stereocenters. The van der Waals surface area contributed by atoms with Crippen molar-refractivity contribution in [3.05, 3.63) is 41.2 Å². The van der Waals surface area contributed by atoms with Crippen LogP contribution in [0.25, 0.3) is 0 Å². The molecule has 1 aromatic heterocycles. The summed E-state index contributed by atoms with van der Waals surface area (Å²) in [5, 5.41) is 12.5. The Morgan fingerprint density at radius 3 is 2.61 bits per heavy atom. The Kier molecular flexibility index (Phi) is 5.40. The van der Waals surface area contributed by atoms with Crippen molar-refractivity contribution < 1.29 is 13.2 Å². The number of nitrogens with zero attached hydrogens (tertiary/aromatic N) is 5. The Morgan fingerprint density at radius 1 is 1.11 bits per heavy atom. The number of tetrazole rings is 1. The minimum atomic E-state index is -4.37. The van der Waals surface area contributed by atoms with Crippen LogP contribution in [0.3, 0.4) is 0 Å². The molecule has 1 saturated heterocycles. The minimum absolute atomic E-state index is 0.237. The fourth-order valence-electron chi connectivity index (χ4n) is 4.66. The van der Waals surface area contributed by atoms with Crippen molar-refractivity contribution >= 4 is 0 Å². The lowest BCUT2D eigenvalue weighted by molar-refractivity contribution is -0.137. The number of hydrogen-bond acceptors (Lipinski definition) is 4. The zero-order valence-corrected chi connectivity index (χ0v) is 16.1. The molecule has 0 radical (unpaired) electrons. The standard InChI is InChI=1S/C20H26F3N5/c1-14-6-5-11-27(13-14)18(15-7-4-8-16(12-15)20(21,22)23)19-24-25-26-28(19)17-9-2-3-10-17/h4,7-8,12,14,17-18H,2-3,5-6,9-11,13H2,1H3/t14-,18+/m0/s1. The highest BCUT2D eigenvalue weighted by atomic mass is 19.4. The molecule has 0 unspecified atom stereocenters. The lowest BCUT2D eigenvalue weighted by Crippen LogP contribution is -2.39. The van der Waals surface area contributed by atoms with Crippen LogP contribution in [0.5, 0.6) is 0 Å². The Morgan fingerprint density at radius 2 is 1.89 bits per heavy atom. The van der Waals surface area contributed by atoms with Crippen LogP contribution in [0, 0.1) is 5.92 Å². The van der Waals surface area contributed by atoms with E-state index < -0.39 is 11.7 Å². The number of halogens is 3. The van der Waals surface area contributed by atoms with E-state index >= 15 is 0 Å². The number of benzene rings is 1. The van der Waals surface area contributed by atoms with E-state index in [9.17, 15) is 13.2 Å². The second-order valence-electron chi connectivity index (χ2n) is 8.19. The van der Waals surface area contributed by atoms with Crippen LogP contribution < -0.4 is 0 Å². The van der Waals surface area contributed by atoms with Crippen molar-refractivity contribution in [3.63, 3.8) is 0 Å². The van der Waals surface area contributed by atoms with Crippen LogP contribution in [-0.2, 0) is 6.18 Å². The molecule has 1 aliphatic heterocycles. The van der Waals surface area contributed by atoms with Gasteiger partial charge in [-0.1, -0.05) is 31.9 Å². The summed E-state index contributed by atoms with van der Waals surface area (Å²) in [7, 11) is 0. The molecule has 8 heteroatoms. The molecule has 2 aromatic rings. The quantitative estimate of drug-likeness (QED) is 0.760. The van der Waals surface area contributed by atoms with E-state index in [0.717, 1.165) is 57.7 Å². The van der Waals surface area contributed by atoms with E-state index in [-0.39, 0.29) is 12.1 Å². The predicted molar refractivity (Wildman–Crippen MR) is 98.6 cm³/mol. The summed E-state index contributed by atoms with van der Waals surface area (Å²) in [6.07, 6.45) is 2.11. The predicted octanol–water partition coefficient (Wildman–Crippen LogP) is 4.63. The van der Waals surface area contributed by atoms with Crippen molar-refractivity contribution in [2.24, 2.45) is 5.92 Å². The summed E-state index contributed by atoms with van der Waals surface area (Å²) in [5.74, 6) is 1.16. The third-order valence-corrected chi connectivity index (χ3v) is 6.02. The lowest BCUT2D eigenvalue weighted by atomic mass is 9.94. The Labute approximate surface area is 162 Å². The minimum Gasteiger partial charge on any atom is -0.289 e. The average Bonchev–Trinajstić information content (AvgIpc) is 3.33. The fourth-order valence-corrected chi connectivity index (χ4v) is 4.66. The van der Waals surface area contributed by atoms with Gasteiger partial charge in [-0.15, -0.1) is 5.10 Å². The van der Waals surface area contributed by atoms with E-state index in [0.29, 0.717) is 17.3 Å². The van der Waals surface area contributed by atoms with Crippen LogP contribution in [0.4, 0.5) is 13.2 Å². The van der Waals surface area contributed by atoms with Gasteiger partial charge in [-0.05, 0) is 66.3 Å². The second kappa shape index (κ2) is 7.81. The Hall–Kier alpha value is -1.96. The highest BCUT2D eigenvalue weighted by molar-refractivity contribution is 5.31. The van der Waals surface area contributed by atoms with Crippen molar-refractivity contribution in [2.75, 3.05) is 13.1 Å². The number of hydrogen-bond donors (Lipinski definition) is 0. The first kappa shape index (κ1) is 19.4. The van der Waals surface area contributed by atoms with Gasteiger partial charge in [0.2, 0.25) is 0 Å². The van der Waals surface area contributed by atoms with Gasteiger partial charge in [-0.2, -0.15) is 13.2 Å². The van der Waals surface area contributed by atoms with Crippen LogP contribution in [-0.4, -0.2) is 38.2 Å². The van der Waals surface area contributed by atoms with Crippen molar-refractivity contribution in [2.45, 2.75) is 63.7 Å². The summed E-state index contributed by atoms with van der Waals surface area (Å²) >= 11 is 0. The highest BCUT2D eigenvalue weighted by Crippen LogP contribution is 2.37. The van der Waals surface area contributed by atoms with E-state index in [2.05, 4.69) is 27.3 Å². The average molecular weight is 393 g/mol. The van der Waals surface area contributed by atoms with Crippen molar-refractivity contribution in [1.29, 1.82) is 0 Å². The highest BCUT2D eigenvalue weighted by Gasteiger charge is 2.35. The van der Waals surface area contributed by atoms with Gasteiger partial charge in [0.25, 0.3) is 0 Å². The molecular formula is C20H26F3N5. The van der Waals surface area contributed by atoms with Gasteiger partial charge in [-0.3, -0.25) is 4.90 Å². The van der Waals surface area contributed by atoms with Gasteiger partial charge < -0.3 is 0 Å². The monoisotopic (exact) mass is 393 g/mol. The molecule has 0 amide bonds. The normalized spacial score (nSPS) is 23.2. The largest absolute Gasteiger partial charge is 0.416 e. The summed E-state index contributed by atoms with van der Waals surface area (Å²) in [4.78, 5) is 2.25. The molecule has 0 bridgehead atoms. The van der Waals surface area contributed by atoms with E-state index in [1.165, 1.54) is 12.1 Å². The van der Waals surface area contributed by atoms with Crippen LogP contribution >= 0.6 is 0 Å². The van der Waals surface area contributed by atoms with Crippen LogP contribution in [0.1, 0.15) is 74.5 Å².